The van der Waals surface area contributed by atoms with Crippen molar-refractivity contribution in [3.8, 4) is 5.75 Å². The number of sulfone groups is 1. The number of aryl methyl sites for hydroxylation is 1. The summed E-state index contributed by atoms with van der Waals surface area (Å²) in [6.45, 7) is 3.64. The highest BCUT2D eigenvalue weighted by Gasteiger charge is 2.22. The van der Waals surface area contributed by atoms with Crippen LogP contribution in [-0.4, -0.2) is 40.3 Å². The molecule has 0 aliphatic heterocycles. The van der Waals surface area contributed by atoms with Gasteiger partial charge in [0, 0.05) is 11.3 Å². The highest BCUT2D eigenvalue weighted by Crippen LogP contribution is 2.33. The number of rotatable bonds is 8. The first-order valence-electron chi connectivity index (χ1n) is 8.54. The van der Waals surface area contributed by atoms with Gasteiger partial charge in [0.2, 0.25) is 5.91 Å². The monoisotopic (exact) mass is 425 g/mol. The summed E-state index contributed by atoms with van der Waals surface area (Å²) in [5, 5.41) is 3.12. The summed E-state index contributed by atoms with van der Waals surface area (Å²) in [5.41, 5.74) is 1.10. The Bertz CT molecular complexity index is 961. The van der Waals surface area contributed by atoms with E-state index >= 15 is 0 Å². The summed E-state index contributed by atoms with van der Waals surface area (Å²) in [6.07, 6.45) is 0.184. The molecule has 0 aliphatic carbocycles. The van der Waals surface area contributed by atoms with E-state index in [-0.39, 0.29) is 29.4 Å². The van der Waals surface area contributed by atoms with Gasteiger partial charge in [0.25, 0.3) is 0 Å². The van der Waals surface area contributed by atoms with Crippen LogP contribution in [0, 0.1) is 13.8 Å². The first-order valence-corrected chi connectivity index (χ1v) is 11.0. The number of thiophene rings is 1. The number of hydrogen-bond acceptors (Lipinski definition) is 7. The van der Waals surface area contributed by atoms with Crippen molar-refractivity contribution in [3.63, 3.8) is 0 Å². The van der Waals surface area contributed by atoms with Crippen LogP contribution in [-0.2, 0) is 19.4 Å². The highest BCUT2D eigenvalue weighted by molar-refractivity contribution is 7.91. The van der Waals surface area contributed by atoms with E-state index in [1.807, 2.05) is 6.92 Å². The van der Waals surface area contributed by atoms with Crippen molar-refractivity contribution < 1.29 is 27.5 Å². The molecule has 0 unspecified atom stereocenters. The van der Waals surface area contributed by atoms with Gasteiger partial charge in [-0.2, -0.15) is 0 Å². The lowest BCUT2D eigenvalue weighted by Gasteiger charge is -2.07. The zero-order valence-electron chi connectivity index (χ0n) is 16.2. The summed E-state index contributed by atoms with van der Waals surface area (Å²) >= 11 is 1.29. The maximum atomic E-state index is 12.4. The quantitative estimate of drug-likeness (QED) is 0.651. The fourth-order valence-corrected chi connectivity index (χ4v) is 4.95. The van der Waals surface area contributed by atoms with Gasteiger partial charge in [-0.1, -0.05) is 0 Å². The van der Waals surface area contributed by atoms with Crippen LogP contribution in [0.5, 0.6) is 5.75 Å². The van der Waals surface area contributed by atoms with Gasteiger partial charge in [-0.15, -0.1) is 11.3 Å². The van der Waals surface area contributed by atoms with Gasteiger partial charge in [0.05, 0.1) is 30.4 Å². The molecule has 0 saturated heterocycles. The number of benzene rings is 1. The first-order chi connectivity index (χ1) is 13.2. The Kier molecular flexibility index (Phi) is 7.20. The fourth-order valence-electron chi connectivity index (χ4n) is 2.58. The SMILES string of the molecule is COC(=O)c1c(NC(=O)CCCS(=O)(=O)c2ccc(OC)cc2)sc(C)c1C. The van der Waals surface area contributed by atoms with E-state index in [1.165, 1.54) is 37.7 Å². The van der Waals surface area contributed by atoms with Crippen molar-refractivity contribution in [2.75, 3.05) is 25.3 Å². The van der Waals surface area contributed by atoms with Crippen molar-refractivity contribution in [2.45, 2.75) is 31.6 Å². The molecule has 1 aromatic heterocycles. The van der Waals surface area contributed by atoms with Crippen LogP contribution >= 0.6 is 11.3 Å². The van der Waals surface area contributed by atoms with Gasteiger partial charge in [-0.25, -0.2) is 13.2 Å². The van der Waals surface area contributed by atoms with Crippen LogP contribution in [0.2, 0.25) is 0 Å². The summed E-state index contributed by atoms with van der Waals surface area (Å²) in [7, 11) is -0.703. The topological polar surface area (TPSA) is 98.8 Å². The minimum absolute atomic E-state index is 0.0198. The standard InChI is InChI=1S/C19H23NO6S2/c1-12-13(2)27-18(17(12)19(22)26-4)20-16(21)6-5-11-28(23,24)15-9-7-14(25-3)8-10-15/h7-10H,5-6,11H2,1-4H3,(H,20,21). The molecule has 7 nitrogen and oxygen atoms in total. The van der Waals surface area contributed by atoms with E-state index < -0.39 is 15.8 Å². The molecule has 1 amide bonds. The molecule has 1 N–H and O–H groups in total. The van der Waals surface area contributed by atoms with Gasteiger partial charge < -0.3 is 14.8 Å². The number of ether oxygens (including phenoxy) is 2. The Morgan fingerprint density at radius 3 is 2.32 bits per heavy atom. The summed E-state index contributed by atoms with van der Waals surface area (Å²) in [5.74, 6) is -0.448. The second-order valence-electron chi connectivity index (χ2n) is 6.13. The lowest BCUT2D eigenvalue weighted by Crippen LogP contribution is -2.15. The van der Waals surface area contributed by atoms with Gasteiger partial charge in [-0.3, -0.25) is 4.79 Å². The molecule has 2 rings (SSSR count). The molecular weight excluding hydrogens is 402 g/mol. The van der Waals surface area contributed by atoms with Gasteiger partial charge in [0.1, 0.15) is 10.8 Å². The fraction of sp³-hybridized carbons (Fsp3) is 0.368. The lowest BCUT2D eigenvalue weighted by molar-refractivity contribution is -0.116. The number of anilines is 1. The lowest BCUT2D eigenvalue weighted by atomic mass is 10.1. The first kappa shape index (κ1) is 21.9. The van der Waals surface area contributed by atoms with E-state index in [9.17, 15) is 18.0 Å². The average Bonchev–Trinajstić information content (AvgIpc) is 2.94. The molecule has 0 saturated carbocycles. The Morgan fingerprint density at radius 2 is 1.75 bits per heavy atom. The Balaban J connectivity index is 1.97. The van der Waals surface area contributed by atoms with Crippen LogP contribution in [0.4, 0.5) is 5.00 Å². The predicted molar refractivity (Wildman–Crippen MR) is 108 cm³/mol. The molecule has 9 heteroatoms. The molecule has 0 spiro atoms. The Hall–Kier alpha value is -2.39. The molecule has 0 bridgehead atoms. The molecule has 28 heavy (non-hydrogen) atoms. The van der Waals surface area contributed by atoms with Crippen molar-refractivity contribution in [3.05, 3.63) is 40.3 Å². The second kappa shape index (κ2) is 9.20. The Labute approximate surface area is 168 Å². The smallest absolute Gasteiger partial charge is 0.341 e. The Morgan fingerprint density at radius 1 is 1.11 bits per heavy atom. The molecule has 0 atom stereocenters. The number of hydrogen-bond donors (Lipinski definition) is 1. The summed E-state index contributed by atoms with van der Waals surface area (Å²) < 4.78 is 34.5. The molecule has 0 aliphatic rings. The third kappa shape index (κ3) is 5.11. The number of methoxy groups -OCH3 is 2. The van der Waals surface area contributed by atoms with Gasteiger partial charge >= 0.3 is 5.97 Å². The van der Waals surface area contributed by atoms with Crippen molar-refractivity contribution >= 4 is 38.1 Å². The van der Waals surface area contributed by atoms with Crippen molar-refractivity contribution in [1.29, 1.82) is 0 Å². The molecule has 0 radical (unpaired) electrons. The molecule has 2 aromatic rings. The highest BCUT2D eigenvalue weighted by atomic mass is 32.2. The zero-order chi connectivity index (χ0) is 20.9. The minimum atomic E-state index is -3.49. The zero-order valence-corrected chi connectivity index (χ0v) is 17.8. The third-order valence-electron chi connectivity index (χ3n) is 4.26. The van der Waals surface area contributed by atoms with E-state index in [1.54, 1.807) is 19.1 Å². The summed E-state index contributed by atoms with van der Waals surface area (Å²) in [4.78, 5) is 25.3. The van der Waals surface area contributed by atoms with Crippen molar-refractivity contribution in [1.82, 2.24) is 0 Å². The average molecular weight is 426 g/mol. The molecule has 0 fully saturated rings. The van der Waals surface area contributed by atoms with Crippen LogP contribution in [0.25, 0.3) is 0 Å². The predicted octanol–water partition coefficient (Wildman–Crippen LogP) is 3.35. The maximum Gasteiger partial charge on any atom is 0.341 e. The van der Waals surface area contributed by atoms with Crippen molar-refractivity contribution in [2.24, 2.45) is 0 Å². The normalized spacial score (nSPS) is 11.1. The molecule has 1 aromatic carbocycles. The summed E-state index contributed by atoms with van der Waals surface area (Å²) in [6, 6.07) is 6.12. The largest absolute Gasteiger partial charge is 0.497 e. The van der Waals surface area contributed by atoms with E-state index in [0.29, 0.717) is 16.3 Å². The maximum absolute atomic E-state index is 12.4. The number of carbonyl (C=O) groups is 2. The number of amides is 1. The minimum Gasteiger partial charge on any atom is -0.497 e. The number of nitrogens with one attached hydrogen (secondary N) is 1. The molecule has 1 heterocycles. The van der Waals surface area contributed by atoms with E-state index in [0.717, 1.165) is 10.4 Å². The van der Waals surface area contributed by atoms with Crippen LogP contribution in [0.15, 0.2) is 29.2 Å². The van der Waals surface area contributed by atoms with Crippen LogP contribution < -0.4 is 10.1 Å². The van der Waals surface area contributed by atoms with Crippen LogP contribution in [0.1, 0.15) is 33.6 Å². The van der Waals surface area contributed by atoms with E-state index in [4.69, 9.17) is 9.47 Å². The molecular formula is C19H23NO6S2. The molecule has 152 valence electrons. The second-order valence-corrected chi connectivity index (χ2v) is 9.46. The number of esters is 1. The van der Waals surface area contributed by atoms with Gasteiger partial charge in [-0.05, 0) is 50.1 Å². The van der Waals surface area contributed by atoms with Crippen LogP contribution in [0.3, 0.4) is 0 Å². The van der Waals surface area contributed by atoms with E-state index in [2.05, 4.69) is 5.32 Å². The van der Waals surface area contributed by atoms with Gasteiger partial charge in [0.15, 0.2) is 9.84 Å². The number of carbonyl (C=O) groups excluding carboxylic acids is 2. The third-order valence-corrected chi connectivity index (χ3v) is 7.20.